The van der Waals surface area contributed by atoms with E-state index in [0.29, 0.717) is 17.5 Å². The zero-order chi connectivity index (χ0) is 19.6. The molecule has 138 valence electrons. The van der Waals surface area contributed by atoms with Gasteiger partial charge in [-0.05, 0) is 17.0 Å². The fourth-order valence-electron chi connectivity index (χ4n) is 3.06. The van der Waals surface area contributed by atoms with Crippen LogP contribution in [-0.4, -0.2) is 15.0 Å². The molecule has 0 N–H and O–H groups in total. The van der Waals surface area contributed by atoms with Gasteiger partial charge in [0.25, 0.3) is 0 Å². The summed E-state index contributed by atoms with van der Waals surface area (Å²) in [4.78, 5) is 14.3. The van der Waals surface area contributed by atoms with Gasteiger partial charge in [0, 0.05) is 16.7 Å². The van der Waals surface area contributed by atoms with Crippen molar-refractivity contribution in [3.63, 3.8) is 0 Å². The van der Waals surface area contributed by atoms with Gasteiger partial charge in [0.2, 0.25) is 0 Å². The van der Waals surface area contributed by atoms with Crippen molar-refractivity contribution >= 4 is 0 Å². The second-order valence-electron chi connectivity index (χ2n) is 7.87. The lowest BCUT2D eigenvalue weighted by atomic mass is 9.86. The number of aromatic nitrogens is 3. The summed E-state index contributed by atoms with van der Waals surface area (Å²) >= 11 is 0. The Balaban J connectivity index is 1.90. The van der Waals surface area contributed by atoms with Crippen LogP contribution in [0, 0.1) is 0 Å². The van der Waals surface area contributed by atoms with E-state index in [0.717, 1.165) is 16.7 Å². The molecule has 0 fully saturated rings. The van der Waals surface area contributed by atoms with Crippen molar-refractivity contribution in [2.24, 2.45) is 0 Å². The molecular weight excluding hydrogens is 342 g/mol. The standard InChI is InChI=1S/C25H23N3/c1-25(2,3)21-16-10-15-20(17-21)24-27-22(18-11-6-4-7-12-18)26-23(28-24)19-13-8-5-9-14-19/h4-17H,1-3H3. The molecule has 3 nitrogen and oxygen atoms in total. The van der Waals surface area contributed by atoms with Gasteiger partial charge in [-0.2, -0.15) is 0 Å². The zero-order valence-corrected chi connectivity index (χ0v) is 16.4. The SMILES string of the molecule is CC(C)(C)c1cccc(-c2nc(-c3ccccc3)nc(-c3ccccc3)n2)c1. The van der Waals surface area contributed by atoms with E-state index in [2.05, 4.69) is 45.0 Å². The third-order valence-electron chi connectivity index (χ3n) is 4.69. The lowest BCUT2D eigenvalue weighted by Crippen LogP contribution is -2.11. The lowest BCUT2D eigenvalue weighted by molar-refractivity contribution is 0.590. The third-order valence-corrected chi connectivity index (χ3v) is 4.69. The van der Waals surface area contributed by atoms with Crippen LogP contribution in [-0.2, 0) is 5.41 Å². The minimum Gasteiger partial charge on any atom is -0.208 e. The molecule has 1 heterocycles. The molecule has 1 aromatic heterocycles. The predicted octanol–water partition coefficient (Wildman–Crippen LogP) is 6.17. The van der Waals surface area contributed by atoms with Crippen LogP contribution in [0.3, 0.4) is 0 Å². The fraction of sp³-hybridized carbons (Fsp3) is 0.160. The fourth-order valence-corrected chi connectivity index (χ4v) is 3.06. The highest BCUT2D eigenvalue weighted by atomic mass is 15.0. The van der Waals surface area contributed by atoms with E-state index in [-0.39, 0.29) is 5.41 Å². The van der Waals surface area contributed by atoms with Gasteiger partial charge in [0.1, 0.15) is 0 Å². The van der Waals surface area contributed by atoms with Gasteiger partial charge in [-0.3, -0.25) is 0 Å². The number of benzene rings is 3. The topological polar surface area (TPSA) is 38.7 Å². The number of nitrogens with zero attached hydrogens (tertiary/aromatic N) is 3. The van der Waals surface area contributed by atoms with Gasteiger partial charge in [0.15, 0.2) is 17.5 Å². The van der Waals surface area contributed by atoms with E-state index in [1.165, 1.54) is 5.56 Å². The van der Waals surface area contributed by atoms with E-state index in [1.54, 1.807) is 0 Å². The van der Waals surface area contributed by atoms with E-state index in [4.69, 9.17) is 15.0 Å². The van der Waals surface area contributed by atoms with Gasteiger partial charge >= 0.3 is 0 Å². The smallest absolute Gasteiger partial charge is 0.164 e. The molecule has 0 spiro atoms. The molecule has 0 atom stereocenters. The van der Waals surface area contributed by atoms with Crippen LogP contribution in [0.25, 0.3) is 34.2 Å². The van der Waals surface area contributed by atoms with Gasteiger partial charge in [-0.15, -0.1) is 0 Å². The number of hydrogen-bond donors (Lipinski definition) is 0. The quantitative estimate of drug-likeness (QED) is 0.436. The van der Waals surface area contributed by atoms with E-state index in [1.807, 2.05) is 60.7 Å². The van der Waals surface area contributed by atoms with Gasteiger partial charge in [-0.1, -0.05) is 99.6 Å². The maximum Gasteiger partial charge on any atom is 0.164 e. The maximum absolute atomic E-state index is 4.80. The molecule has 3 aromatic carbocycles. The molecule has 0 radical (unpaired) electrons. The van der Waals surface area contributed by atoms with Crippen LogP contribution in [0.5, 0.6) is 0 Å². The van der Waals surface area contributed by atoms with Crippen molar-refractivity contribution in [2.75, 3.05) is 0 Å². The third kappa shape index (κ3) is 3.84. The van der Waals surface area contributed by atoms with Crippen molar-refractivity contribution in [1.29, 1.82) is 0 Å². The molecule has 0 aliphatic carbocycles. The monoisotopic (exact) mass is 365 g/mol. The van der Waals surface area contributed by atoms with Crippen LogP contribution in [0.1, 0.15) is 26.3 Å². The Morgan fingerprint density at radius 1 is 0.500 bits per heavy atom. The average Bonchev–Trinajstić information content (AvgIpc) is 2.74. The first-order valence-electron chi connectivity index (χ1n) is 9.48. The Hall–Kier alpha value is -3.33. The minimum atomic E-state index is 0.0631. The van der Waals surface area contributed by atoms with Crippen LogP contribution >= 0.6 is 0 Å². The van der Waals surface area contributed by atoms with Crippen molar-refractivity contribution < 1.29 is 0 Å². The summed E-state index contributed by atoms with van der Waals surface area (Å²) in [7, 11) is 0. The molecule has 3 heteroatoms. The molecule has 0 bridgehead atoms. The van der Waals surface area contributed by atoms with Crippen molar-refractivity contribution in [3.8, 4) is 34.2 Å². The average molecular weight is 365 g/mol. The summed E-state index contributed by atoms with van der Waals surface area (Å²) in [6, 6.07) is 28.6. The normalized spacial score (nSPS) is 11.4. The van der Waals surface area contributed by atoms with E-state index < -0.39 is 0 Å². The molecule has 0 saturated heterocycles. The first-order chi connectivity index (χ1) is 13.5. The maximum atomic E-state index is 4.80. The van der Waals surface area contributed by atoms with Crippen LogP contribution in [0.2, 0.25) is 0 Å². The zero-order valence-electron chi connectivity index (χ0n) is 16.4. The molecule has 28 heavy (non-hydrogen) atoms. The lowest BCUT2D eigenvalue weighted by Gasteiger charge is -2.19. The van der Waals surface area contributed by atoms with Crippen LogP contribution in [0.15, 0.2) is 84.9 Å². The molecular formula is C25H23N3. The Morgan fingerprint density at radius 2 is 0.929 bits per heavy atom. The molecule has 0 aliphatic heterocycles. The summed E-state index contributed by atoms with van der Waals surface area (Å²) in [5.74, 6) is 2.06. The summed E-state index contributed by atoms with van der Waals surface area (Å²) in [5.41, 5.74) is 4.29. The number of rotatable bonds is 3. The summed E-state index contributed by atoms with van der Waals surface area (Å²) in [6.45, 7) is 6.64. The molecule has 0 aliphatic rings. The van der Waals surface area contributed by atoms with Crippen molar-refractivity contribution in [3.05, 3.63) is 90.5 Å². The van der Waals surface area contributed by atoms with E-state index in [9.17, 15) is 0 Å². The van der Waals surface area contributed by atoms with Crippen LogP contribution < -0.4 is 0 Å². The molecule has 4 rings (SSSR count). The highest BCUT2D eigenvalue weighted by Gasteiger charge is 2.16. The van der Waals surface area contributed by atoms with Gasteiger partial charge in [0.05, 0.1) is 0 Å². The predicted molar refractivity (Wildman–Crippen MR) is 115 cm³/mol. The second-order valence-corrected chi connectivity index (χ2v) is 7.87. The van der Waals surface area contributed by atoms with Gasteiger partial charge < -0.3 is 0 Å². The van der Waals surface area contributed by atoms with Gasteiger partial charge in [-0.25, -0.2) is 15.0 Å². The summed E-state index contributed by atoms with van der Waals surface area (Å²) in [5, 5.41) is 0. The Morgan fingerprint density at radius 3 is 1.39 bits per heavy atom. The Bertz CT molecular complexity index is 1020. The van der Waals surface area contributed by atoms with E-state index >= 15 is 0 Å². The summed E-state index contributed by atoms with van der Waals surface area (Å²) in [6.07, 6.45) is 0. The molecule has 0 saturated carbocycles. The first-order valence-corrected chi connectivity index (χ1v) is 9.48. The molecule has 4 aromatic rings. The largest absolute Gasteiger partial charge is 0.208 e. The van der Waals surface area contributed by atoms with Crippen molar-refractivity contribution in [1.82, 2.24) is 15.0 Å². The number of hydrogen-bond acceptors (Lipinski definition) is 3. The Labute approximate surface area is 166 Å². The highest BCUT2D eigenvalue weighted by Crippen LogP contribution is 2.28. The molecule has 0 unspecified atom stereocenters. The molecule has 0 amide bonds. The van der Waals surface area contributed by atoms with Crippen molar-refractivity contribution in [2.45, 2.75) is 26.2 Å². The highest BCUT2D eigenvalue weighted by molar-refractivity contribution is 5.66. The van der Waals surface area contributed by atoms with Crippen LogP contribution in [0.4, 0.5) is 0 Å². The summed E-state index contributed by atoms with van der Waals surface area (Å²) < 4.78 is 0. The first kappa shape index (κ1) is 18.1. The minimum absolute atomic E-state index is 0.0631. The second kappa shape index (κ2) is 7.35. The Kier molecular flexibility index (Phi) is 4.74.